The summed E-state index contributed by atoms with van der Waals surface area (Å²) in [6.45, 7) is 10.1. The quantitative estimate of drug-likeness (QED) is 0.394. The fourth-order valence-electron chi connectivity index (χ4n) is 4.12. The minimum absolute atomic E-state index is 0. The Morgan fingerprint density at radius 1 is 1.26 bits per heavy atom. The molecule has 6 heteroatoms. The van der Waals surface area contributed by atoms with Gasteiger partial charge in [-0.3, -0.25) is 9.89 Å². The van der Waals surface area contributed by atoms with Gasteiger partial charge < -0.3 is 15.0 Å². The molecule has 0 bridgehead atoms. The lowest BCUT2D eigenvalue weighted by Crippen LogP contribution is -2.46. The zero-order valence-corrected chi connectivity index (χ0v) is 19.5. The minimum atomic E-state index is -0.00143. The van der Waals surface area contributed by atoms with Gasteiger partial charge in [0, 0.05) is 38.1 Å². The van der Waals surface area contributed by atoms with Crippen molar-refractivity contribution in [2.24, 2.45) is 4.99 Å². The van der Waals surface area contributed by atoms with Crippen molar-refractivity contribution in [1.82, 2.24) is 15.1 Å². The van der Waals surface area contributed by atoms with Gasteiger partial charge in [-0.2, -0.15) is 0 Å². The molecule has 0 saturated carbocycles. The predicted octanol–water partition coefficient (Wildman–Crippen LogP) is 3.34. The molecule has 2 saturated heterocycles. The van der Waals surface area contributed by atoms with Crippen molar-refractivity contribution in [2.45, 2.75) is 44.6 Å². The lowest BCUT2D eigenvalue weighted by molar-refractivity contribution is 0.249. The topological polar surface area (TPSA) is 40.1 Å². The van der Waals surface area contributed by atoms with E-state index in [0.717, 1.165) is 31.3 Å². The van der Waals surface area contributed by atoms with Gasteiger partial charge in [0.25, 0.3) is 0 Å². The third kappa shape index (κ3) is 5.50. The second-order valence-corrected chi connectivity index (χ2v) is 8.15. The molecule has 2 heterocycles. The standard InChI is InChI=1S/C21H34N4O.HI/c1-21(2,17-8-7-9-19(14-17)26-4)16-23-20(22-3)25-13-10-18(15-25)24-11-5-6-12-24;/h7-9,14,18H,5-6,10-13,15-16H2,1-4H3,(H,22,23);1H. The van der Waals surface area contributed by atoms with Crippen molar-refractivity contribution in [3.8, 4) is 5.75 Å². The van der Waals surface area contributed by atoms with Gasteiger partial charge in [-0.15, -0.1) is 24.0 Å². The van der Waals surface area contributed by atoms with Gasteiger partial charge in [0.2, 0.25) is 0 Å². The van der Waals surface area contributed by atoms with Crippen LogP contribution in [0.15, 0.2) is 29.3 Å². The monoisotopic (exact) mass is 486 g/mol. The van der Waals surface area contributed by atoms with Crippen LogP contribution >= 0.6 is 24.0 Å². The first-order chi connectivity index (χ1) is 12.5. The third-order valence-electron chi connectivity index (χ3n) is 5.87. The lowest BCUT2D eigenvalue weighted by atomic mass is 9.84. The van der Waals surface area contributed by atoms with Crippen molar-refractivity contribution in [2.75, 3.05) is 46.9 Å². The summed E-state index contributed by atoms with van der Waals surface area (Å²) >= 11 is 0. The molecule has 0 aromatic heterocycles. The fraction of sp³-hybridized carbons (Fsp3) is 0.667. The lowest BCUT2D eigenvalue weighted by Gasteiger charge is -2.30. The summed E-state index contributed by atoms with van der Waals surface area (Å²) in [6, 6.07) is 9.05. The number of nitrogens with one attached hydrogen (secondary N) is 1. The maximum Gasteiger partial charge on any atom is 0.193 e. The molecule has 3 rings (SSSR count). The van der Waals surface area contributed by atoms with Gasteiger partial charge in [-0.25, -0.2) is 0 Å². The Bertz CT molecular complexity index is 628. The van der Waals surface area contributed by atoms with Crippen LogP contribution in [0.5, 0.6) is 5.75 Å². The summed E-state index contributed by atoms with van der Waals surface area (Å²) in [7, 11) is 3.61. The van der Waals surface area contributed by atoms with Crippen molar-refractivity contribution in [1.29, 1.82) is 0 Å². The van der Waals surface area contributed by atoms with Crippen LogP contribution in [0, 0.1) is 0 Å². The van der Waals surface area contributed by atoms with Gasteiger partial charge in [0.05, 0.1) is 7.11 Å². The number of halogens is 1. The van der Waals surface area contributed by atoms with E-state index in [1.165, 1.54) is 37.9 Å². The van der Waals surface area contributed by atoms with E-state index >= 15 is 0 Å². The van der Waals surface area contributed by atoms with E-state index in [1.807, 2.05) is 13.1 Å². The average molecular weight is 486 g/mol. The summed E-state index contributed by atoms with van der Waals surface area (Å²) in [5.74, 6) is 1.94. The molecule has 0 amide bonds. The van der Waals surface area contributed by atoms with Crippen molar-refractivity contribution in [3.05, 3.63) is 29.8 Å². The van der Waals surface area contributed by atoms with Crippen LogP contribution in [0.1, 0.15) is 38.7 Å². The number of guanidine groups is 1. The Morgan fingerprint density at radius 2 is 2.00 bits per heavy atom. The van der Waals surface area contributed by atoms with Crippen LogP contribution in [0.25, 0.3) is 0 Å². The normalized spacial score (nSPS) is 21.3. The van der Waals surface area contributed by atoms with Gasteiger partial charge in [0.1, 0.15) is 5.75 Å². The number of likely N-dealkylation sites (tertiary alicyclic amines) is 2. The number of nitrogens with zero attached hydrogens (tertiary/aromatic N) is 3. The smallest absolute Gasteiger partial charge is 0.193 e. The molecule has 0 aliphatic carbocycles. The molecule has 1 unspecified atom stereocenters. The van der Waals surface area contributed by atoms with Crippen molar-refractivity contribution in [3.63, 3.8) is 0 Å². The summed E-state index contributed by atoms with van der Waals surface area (Å²) in [5, 5.41) is 3.62. The van der Waals surface area contributed by atoms with E-state index in [9.17, 15) is 0 Å². The Labute approximate surface area is 181 Å². The second-order valence-electron chi connectivity index (χ2n) is 8.15. The van der Waals surface area contributed by atoms with Crippen LogP contribution in [-0.2, 0) is 5.41 Å². The van der Waals surface area contributed by atoms with Crippen molar-refractivity contribution >= 4 is 29.9 Å². The van der Waals surface area contributed by atoms with Crippen LogP contribution in [0.3, 0.4) is 0 Å². The zero-order chi connectivity index (χ0) is 18.6. The summed E-state index contributed by atoms with van der Waals surface area (Å²) in [6.07, 6.45) is 3.97. The Hall–Kier alpha value is -1.02. The molecule has 1 aromatic rings. The molecule has 2 aliphatic heterocycles. The summed E-state index contributed by atoms with van der Waals surface area (Å²) in [4.78, 5) is 9.63. The molecule has 1 N–H and O–H groups in total. The molecular weight excluding hydrogens is 451 g/mol. The average Bonchev–Trinajstić information content (AvgIpc) is 3.34. The molecule has 27 heavy (non-hydrogen) atoms. The van der Waals surface area contributed by atoms with E-state index in [1.54, 1.807) is 7.11 Å². The van der Waals surface area contributed by atoms with Gasteiger partial charge in [-0.05, 0) is 50.0 Å². The zero-order valence-electron chi connectivity index (χ0n) is 17.2. The minimum Gasteiger partial charge on any atom is -0.497 e. The molecule has 5 nitrogen and oxygen atoms in total. The van der Waals surface area contributed by atoms with E-state index in [4.69, 9.17) is 4.74 Å². The van der Waals surface area contributed by atoms with E-state index in [-0.39, 0.29) is 29.4 Å². The molecule has 1 atom stereocenters. The van der Waals surface area contributed by atoms with Crippen LogP contribution < -0.4 is 10.1 Å². The number of methoxy groups -OCH3 is 1. The maximum absolute atomic E-state index is 5.38. The number of rotatable bonds is 5. The maximum atomic E-state index is 5.38. The Kier molecular flexibility index (Phi) is 8.21. The van der Waals surface area contributed by atoms with E-state index in [2.05, 4.69) is 52.2 Å². The molecule has 0 spiro atoms. The molecule has 2 aliphatic rings. The summed E-state index contributed by atoms with van der Waals surface area (Å²) in [5.41, 5.74) is 1.27. The summed E-state index contributed by atoms with van der Waals surface area (Å²) < 4.78 is 5.38. The number of ether oxygens (including phenoxy) is 1. The number of aliphatic imine (C=N–C) groups is 1. The first-order valence-corrected chi connectivity index (χ1v) is 9.87. The molecule has 2 fully saturated rings. The number of hydrogen-bond acceptors (Lipinski definition) is 3. The van der Waals surface area contributed by atoms with Gasteiger partial charge in [0.15, 0.2) is 5.96 Å². The first-order valence-electron chi connectivity index (χ1n) is 9.87. The van der Waals surface area contributed by atoms with E-state index in [0.29, 0.717) is 6.04 Å². The molecular formula is C21H35IN4O. The molecule has 1 aromatic carbocycles. The SMILES string of the molecule is CN=C(NCC(C)(C)c1cccc(OC)c1)N1CCC(N2CCCC2)C1.I. The fourth-order valence-corrected chi connectivity index (χ4v) is 4.12. The predicted molar refractivity (Wildman–Crippen MR) is 124 cm³/mol. The van der Waals surface area contributed by atoms with E-state index < -0.39 is 0 Å². The second kappa shape index (κ2) is 9.96. The van der Waals surface area contributed by atoms with Crippen LogP contribution in [-0.4, -0.2) is 68.7 Å². The highest BCUT2D eigenvalue weighted by Crippen LogP contribution is 2.26. The molecule has 0 radical (unpaired) electrons. The Balaban J connectivity index is 0.00000261. The number of hydrogen-bond donors (Lipinski definition) is 1. The molecule has 152 valence electrons. The largest absolute Gasteiger partial charge is 0.497 e. The van der Waals surface area contributed by atoms with Gasteiger partial charge in [-0.1, -0.05) is 26.0 Å². The van der Waals surface area contributed by atoms with Crippen LogP contribution in [0.2, 0.25) is 0 Å². The third-order valence-corrected chi connectivity index (χ3v) is 5.87. The number of benzene rings is 1. The van der Waals surface area contributed by atoms with Crippen molar-refractivity contribution < 1.29 is 4.74 Å². The highest BCUT2D eigenvalue weighted by molar-refractivity contribution is 14.0. The first kappa shape index (κ1) is 22.3. The van der Waals surface area contributed by atoms with Gasteiger partial charge >= 0.3 is 0 Å². The Morgan fingerprint density at radius 3 is 2.67 bits per heavy atom. The highest BCUT2D eigenvalue weighted by Gasteiger charge is 2.31. The van der Waals surface area contributed by atoms with Crippen LogP contribution in [0.4, 0.5) is 0 Å². The highest BCUT2D eigenvalue weighted by atomic mass is 127.